The van der Waals surface area contributed by atoms with Crippen molar-refractivity contribution in [3.8, 4) is 0 Å². The van der Waals surface area contributed by atoms with E-state index in [-0.39, 0.29) is 11.1 Å². The third-order valence-electron chi connectivity index (χ3n) is 6.33. The number of anilines is 2. The van der Waals surface area contributed by atoms with Crippen LogP contribution in [0.15, 0.2) is 48.5 Å². The summed E-state index contributed by atoms with van der Waals surface area (Å²) < 4.78 is 68.2. The minimum Gasteiger partial charge on any atom is -0.465 e. The Bertz CT molecular complexity index is 1350. The topological polar surface area (TPSA) is 125 Å². The number of alkyl halides is 5. The summed E-state index contributed by atoms with van der Waals surface area (Å²) in [7, 11) is 2.58. The van der Waals surface area contributed by atoms with Crippen molar-refractivity contribution in [1.29, 1.82) is 0 Å². The number of halogens is 5. The van der Waals surface area contributed by atoms with Gasteiger partial charge in [-0.05, 0) is 43.3 Å². The van der Waals surface area contributed by atoms with Crippen LogP contribution in [0.1, 0.15) is 27.6 Å². The van der Waals surface area contributed by atoms with Gasteiger partial charge in [0, 0.05) is 12.6 Å². The van der Waals surface area contributed by atoms with Crippen molar-refractivity contribution in [1.82, 2.24) is 10.6 Å². The van der Waals surface area contributed by atoms with E-state index in [0.717, 1.165) is 6.92 Å². The zero-order valence-corrected chi connectivity index (χ0v) is 21.9. The first kappa shape index (κ1) is 31.0. The van der Waals surface area contributed by atoms with E-state index in [1.807, 2.05) is 0 Å². The summed E-state index contributed by atoms with van der Waals surface area (Å²) in [6.07, 6.45) is -5.91. The van der Waals surface area contributed by atoms with Crippen molar-refractivity contribution in [2.75, 3.05) is 37.0 Å². The summed E-state index contributed by atoms with van der Waals surface area (Å²) >= 11 is 0. The summed E-state index contributed by atoms with van der Waals surface area (Å²) in [4.78, 5) is 65.9. The van der Waals surface area contributed by atoms with Crippen molar-refractivity contribution in [3.05, 3.63) is 59.7 Å². The highest BCUT2D eigenvalue weighted by atomic mass is 19.4. The molecule has 220 valence electrons. The van der Waals surface area contributed by atoms with Gasteiger partial charge in [0.2, 0.25) is 11.8 Å². The highest BCUT2D eigenvalue weighted by Gasteiger charge is 2.57. The SMILES string of the molecule is COC(=O)c1ccc(C(=O)N2C[C@H](NC(=O)C(C)C(=O)NCC(F)(F)C(F)(F)F)C(=O)N(C)c3ccccc32)cc1. The Hall–Kier alpha value is -4.56. The van der Waals surface area contributed by atoms with Gasteiger partial charge in [0.25, 0.3) is 11.8 Å². The molecule has 0 aromatic heterocycles. The Balaban J connectivity index is 1.84. The molecule has 0 fully saturated rings. The first-order valence-corrected chi connectivity index (χ1v) is 12.0. The van der Waals surface area contributed by atoms with Gasteiger partial charge in [-0.2, -0.15) is 22.0 Å². The highest BCUT2D eigenvalue weighted by molar-refractivity contribution is 6.13. The molecule has 0 aliphatic carbocycles. The Labute approximate surface area is 230 Å². The van der Waals surface area contributed by atoms with Crippen molar-refractivity contribution < 1.29 is 50.7 Å². The number of para-hydroxylation sites is 2. The second-order valence-electron chi connectivity index (χ2n) is 9.07. The first-order valence-electron chi connectivity index (χ1n) is 12.0. The number of methoxy groups -OCH3 is 1. The molecule has 2 atom stereocenters. The molecule has 2 aromatic rings. The van der Waals surface area contributed by atoms with E-state index in [1.165, 1.54) is 53.5 Å². The number of carbonyl (C=O) groups excluding carboxylic acids is 5. The third kappa shape index (κ3) is 6.61. The monoisotopic (exact) mass is 584 g/mol. The molecule has 1 heterocycles. The van der Waals surface area contributed by atoms with E-state index < -0.39 is 66.7 Å². The minimum atomic E-state index is -5.91. The van der Waals surface area contributed by atoms with Gasteiger partial charge < -0.3 is 25.2 Å². The van der Waals surface area contributed by atoms with E-state index >= 15 is 0 Å². The lowest BCUT2D eigenvalue weighted by Gasteiger charge is -2.26. The number of likely N-dealkylation sites (N-methyl/N-ethyl adjacent to an activating group) is 1. The van der Waals surface area contributed by atoms with Crippen molar-refractivity contribution >= 4 is 41.0 Å². The standard InChI is InChI=1S/C26H25F5N4O6/c1-14(20(36)32-13-25(27,28)26(29,30)31)21(37)33-17-12-35(19-7-5-4-6-18(19)34(2)23(17)39)22(38)15-8-10-16(11-9-15)24(40)41-3/h4-11,14,17H,12-13H2,1-3H3,(H,32,36)(H,33,37)/t14?,17-/m0/s1. The van der Waals surface area contributed by atoms with Gasteiger partial charge in [-0.25, -0.2) is 4.79 Å². The molecule has 0 radical (unpaired) electrons. The summed E-state index contributed by atoms with van der Waals surface area (Å²) in [6, 6.07) is 10.3. The zero-order chi connectivity index (χ0) is 30.7. The van der Waals surface area contributed by atoms with Crippen LogP contribution in [0.3, 0.4) is 0 Å². The molecule has 1 aliphatic heterocycles. The van der Waals surface area contributed by atoms with Gasteiger partial charge in [-0.1, -0.05) is 12.1 Å². The van der Waals surface area contributed by atoms with Gasteiger partial charge in [-0.15, -0.1) is 0 Å². The number of nitrogens with zero attached hydrogens (tertiary/aromatic N) is 2. The van der Waals surface area contributed by atoms with Gasteiger partial charge in [0.05, 0.1) is 37.1 Å². The minimum absolute atomic E-state index is 0.118. The van der Waals surface area contributed by atoms with Crippen LogP contribution in [0, 0.1) is 5.92 Å². The Morgan fingerprint density at radius 2 is 1.51 bits per heavy atom. The molecule has 0 spiro atoms. The maximum absolute atomic E-state index is 13.6. The molecule has 1 unspecified atom stereocenters. The molecular formula is C26H25F5N4O6. The Morgan fingerprint density at radius 3 is 2.07 bits per heavy atom. The van der Waals surface area contributed by atoms with Crippen LogP contribution in [0.25, 0.3) is 0 Å². The predicted molar refractivity (Wildman–Crippen MR) is 134 cm³/mol. The molecule has 1 aliphatic rings. The molecule has 2 aromatic carbocycles. The van der Waals surface area contributed by atoms with Crippen molar-refractivity contribution in [2.45, 2.75) is 25.1 Å². The molecule has 41 heavy (non-hydrogen) atoms. The summed E-state index contributed by atoms with van der Waals surface area (Å²) in [6.45, 7) is -1.55. The smallest absolute Gasteiger partial charge is 0.455 e. The summed E-state index contributed by atoms with van der Waals surface area (Å²) in [5.41, 5.74) is 0.893. The number of nitrogens with one attached hydrogen (secondary N) is 2. The van der Waals surface area contributed by atoms with Gasteiger partial charge in [-0.3, -0.25) is 19.2 Å². The molecule has 3 rings (SSSR count). The molecule has 4 amide bonds. The lowest BCUT2D eigenvalue weighted by molar-refractivity contribution is -0.278. The number of carbonyl (C=O) groups is 5. The third-order valence-corrected chi connectivity index (χ3v) is 6.33. The van der Waals surface area contributed by atoms with Crippen LogP contribution < -0.4 is 20.4 Å². The predicted octanol–water partition coefficient (Wildman–Crippen LogP) is 2.53. The average molecular weight is 584 g/mol. The zero-order valence-electron chi connectivity index (χ0n) is 21.9. The van der Waals surface area contributed by atoms with Crippen LogP contribution in [0.2, 0.25) is 0 Å². The van der Waals surface area contributed by atoms with Crippen LogP contribution >= 0.6 is 0 Å². The van der Waals surface area contributed by atoms with Crippen LogP contribution in [-0.4, -0.2) is 75.0 Å². The number of benzene rings is 2. The molecular weight excluding hydrogens is 559 g/mol. The maximum atomic E-state index is 13.6. The highest BCUT2D eigenvalue weighted by Crippen LogP contribution is 2.35. The van der Waals surface area contributed by atoms with E-state index in [1.54, 1.807) is 24.3 Å². The Kier molecular flexibility index (Phi) is 8.99. The fraction of sp³-hybridized carbons (Fsp3) is 0.346. The number of hydrogen-bond acceptors (Lipinski definition) is 6. The number of fused-ring (bicyclic) bond motifs is 1. The van der Waals surface area contributed by atoms with Gasteiger partial charge >= 0.3 is 18.1 Å². The fourth-order valence-corrected chi connectivity index (χ4v) is 3.88. The molecule has 2 N–H and O–H groups in total. The van der Waals surface area contributed by atoms with Gasteiger partial charge in [0.15, 0.2) is 0 Å². The Morgan fingerprint density at radius 1 is 0.951 bits per heavy atom. The lowest BCUT2D eigenvalue weighted by atomic mass is 10.1. The second kappa shape index (κ2) is 11.9. The van der Waals surface area contributed by atoms with Crippen molar-refractivity contribution in [2.24, 2.45) is 5.92 Å². The quantitative estimate of drug-likeness (QED) is 0.293. The van der Waals surface area contributed by atoms with E-state index in [0.29, 0.717) is 11.4 Å². The van der Waals surface area contributed by atoms with Crippen molar-refractivity contribution in [3.63, 3.8) is 0 Å². The first-order chi connectivity index (χ1) is 19.1. The molecule has 0 bridgehead atoms. The number of amides is 4. The van der Waals surface area contributed by atoms with E-state index in [9.17, 15) is 45.9 Å². The summed E-state index contributed by atoms with van der Waals surface area (Å²) in [5.74, 6) is -11.5. The maximum Gasteiger partial charge on any atom is 0.455 e. The fourth-order valence-electron chi connectivity index (χ4n) is 3.88. The van der Waals surface area contributed by atoms with E-state index in [4.69, 9.17) is 0 Å². The number of ether oxygens (including phenoxy) is 1. The normalized spacial score (nSPS) is 16.3. The van der Waals surface area contributed by atoms with Crippen LogP contribution in [-0.2, 0) is 19.1 Å². The van der Waals surface area contributed by atoms with Gasteiger partial charge in [0.1, 0.15) is 12.0 Å². The average Bonchev–Trinajstić information content (AvgIpc) is 3.04. The van der Waals surface area contributed by atoms with Crippen LogP contribution in [0.5, 0.6) is 0 Å². The number of esters is 1. The largest absolute Gasteiger partial charge is 0.465 e. The lowest BCUT2D eigenvalue weighted by Crippen LogP contribution is -2.55. The molecule has 15 heteroatoms. The number of rotatable bonds is 7. The molecule has 0 saturated carbocycles. The molecule has 0 saturated heterocycles. The van der Waals surface area contributed by atoms with Crippen LogP contribution in [0.4, 0.5) is 33.3 Å². The molecule has 10 nitrogen and oxygen atoms in total. The summed E-state index contributed by atoms with van der Waals surface area (Å²) in [5, 5.41) is 3.69. The van der Waals surface area contributed by atoms with E-state index in [2.05, 4.69) is 10.1 Å². The second-order valence-corrected chi connectivity index (χ2v) is 9.07. The number of hydrogen-bond donors (Lipinski definition) is 2.